The first-order chi connectivity index (χ1) is 8.40. The maximum absolute atomic E-state index is 13.1. The Morgan fingerprint density at radius 3 is 2.39 bits per heavy atom. The Labute approximate surface area is 109 Å². The highest BCUT2D eigenvalue weighted by Crippen LogP contribution is 2.24. The zero-order chi connectivity index (χ0) is 13.3. The quantitative estimate of drug-likeness (QED) is 0.943. The molecule has 0 amide bonds. The van der Waals surface area contributed by atoms with Gasteiger partial charge >= 0.3 is 0 Å². The largest absolute Gasteiger partial charge is 0.264 e. The Morgan fingerprint density at radius 1 is 1.28 bits per heavy atom. The van der Waals surface area contributed by atoms with Crippen molar-refractivity contribution in [3.8, 4) is 0 Å². The molecule has 0 fully saturated rings. The van der Waals surface area contributed by atoms with Crippen molar-refractivity contribution in [2.45, 2.75) is 18.7 Å². The molecule has 96 valence electrons. The maximum Gasteiger partial charge on any atom is 0.264 e. The van der Waals surface area contributed by atoms with E-state index >= 15 is 0 Å². The lowest BCUT2D eigenvalue weighted by Crippen LogP contribution is -2.15. The van der Waals surface area contributed by atoms with Gasteiger partial charge in [0.15, 0.2) is 5.13 Å². The number of nitrogens with zero attached hydrogens (tertiary/aromatic N) is 1. The number of aromatic nitrogens is 1. The summed E-state index contributed by atoms with van der Waals surface area (Å²) in [6.07, 6.45) is 1.51. The summed E-state index contributed by atoms with van der Waals surface area (Å²) in [5, 5.41) is 1.96. The third-order valence-corrected chi connectivity index (χ3v) is 4.81. The van der Waals surface area contributed by atoms with Crippen molar-refractivity contribution in [1.82, 2.24) is 4.98 Å². The van der Waals surface area contributed by atoms with Crippen LogP contribution in [0.5, 0.6) is 0 Å². The molecule has 0 spiro atoms. The van der Waals surface area contributed by atoms with E-state index in [0.717, 1.165) is 0 Å². The van der Waals surface area contributed by atoms with Crippen molar-refractivity contribution < 1.29 is 12.8 Å². The topological polar surface area (TPSA) is 59.1 Å². The smallest absolute Gasteiger partial charge is 0.255 e. The van der Waals surface area contributed by atoms with Crippen LogP contribution in [0.3, 0.4) is 0 Å². The summed E-state index contributed by atoms with van der Waals surface area (Å²) in [6, 6.07) is 2.40. The first kappa shape index (κ1) is 13.0. The van der Waals surface area contributed by atoms with Gasteiger partial charge in [0, 0.05) is 11.6 Å². The number of thiazole rings is 1. The summed E-state index contributed by atoms with van der Waals surface area (Å²) in [4.78, 5) is 3.95. The Hall–Kier alpha value is -1.47. The van der Waals surface area contributed by atoms with Crippen molar-refractivity contribution in [2.75, 3.05) is 4.72 Å². The number of aryl methyl sites for hydroxylation is 2. The summed E-state index contributed by atoms with van der Waals surface area (Å²) < 4.78 is 39.9. The van der Waals surface area contributed by atoms with Crippen molar-refractivity contribution >= 4 is 26.5 Å². The van der Waals surface area contributed by atoms with Crippen molar-refractivity contribution in [2.24, 2.45) is 0 Å². The van der Waals surface area contributed by atoms with Crippen LogP contribution in [0, 0.1) is 19.7 Å². The maximum atomic E-state index is 13.1. The number of halogens is 1. The molecule has 1 aromatic heterocycles. The minimum Gasteiger partial charge on any atom is -0.255 e. The molecule has 18 heavy (non-hydrogen) atoms. The van der Waals surface area contributed by atoms with E-state index in [1.54, 1.807) is 19.2 Å². The molecule has 0 radical (unpaired) electrons. The number of benzene rings is 1. The molecule has 0 aliphatic rings. The Kier molecular flexibility index (Phi) is 3.36. The molecule has 0 saturated carbocycles. The molecule has 2 aromatic rings. The molecule has 0 unspecified atom stereocenters. The molecular formula is C11H11FN2O2S2. The number of sulfonamides is 1. The molecule has 4 nitrogen and oxygen atoms in total. The average Bonchev–Trinajstić information content (AvgIpc) is 2.66. The van der Waals surface area contributed by atoms with E-state index < -0.39 is 15.8 Å². The number of nitrogens with one attached hydrogen (secondary N) is 1. The second kappa shape index (κ2) is 4.66. The predicted molar refractivity (Wildman–Crippen MR) is 68.8 cm³/mol. The van der Waals surface area contributed by atoms with E-state index in [0.29, 0.717) is 11.1 Å². The number of anilines is 1. The molecule has 1 heterocycles. The summed E-state index contributed by atoms with van der Waals surface area (Å²) >= 11 is 1.18. The van der Waals surface area contributed by atoms with Gasteiger partial charge in [-0.3, -0.25) is 4.72 Å². The highest BCUT2D eigenvalue weighted by molar-refractivity contribution is 7.93. The number of hydrogen-bond acceptors (Lipinski definition) is 4. The van der Waals surface area contributed by atoms with Gasteiger partial charge in [0.05, 0.1) is 4.90 Å². The molecule has 0 aliphatic carbocycles. The molecule has 2 rings (SSSR count). The molecule has 7 heteroatoms. The second-order valence-corrected chi connectivity index (χ2v) is 6.33. The predicted octanol–water partition coefficient (Wildman–Crippen LogP) is 2.70. The molecule has 0 atom stereocenters. The van der Waals surface area contributed by atoms with Gasteiger partial charge in [-0.1, -0.05) is 0 Å². The third-order valence-electron chi connectivity index (χ3n) is 2.35. The SMILES string of the molecule is Cc1cc(F)cc(C)c1S(=O)(=O)Nc1nccs1. The van der Waals surface area contributed by atoms with Gasteiger partial charge in [-0.05, 0) is 37.1 Å². The van der Waals surface area contributed by atoms with Crippen LogP contribution in [0.1, 0.15) is 11.1 Å². The van der Waals surface area contributed by atoms with Crippen LogP contribution < -0.4 is 4.72 Å². The van der Waals surface area contributed by atoms with Crippen LogP contribution >= 0.6 is 11.3 Å². The fourth-order valence-corrected chi connectivity index (χ4v) is 4.01. The van der Waals surface area contributed by atoms with Crippen LogP contribution in [-0.2, 0) is 10.0 Å². The lowest BCUT2D eigenvalue weighted by Gasteiger charge is -2.11. The fraction of sp³-hybridized carbons (Fsp3) is 0.182. The second-order valence-electron chi connectivity index (χ2n) is 3.81. The molecule has 0 aliphatic heterocycles. The minimum absolute atomic E-state index is 0.0964. The lowest BCUT2D eigenvalue weighted by molar-refractivity contribution is 0.597. The van der Waals surface area contributed by atoms with Gasteiger partial charge in [-0.25, -0.2) is 17.8 Å². The Bertz CT molecular complexity index is 643. The zero-order valence-electron chi connectivity index (χ0n) is 9.77. The van der Waals surface area contributed by atoms with E-state index in [-0.39, 0.29) is 10.0 Å². The lowest BCUT2D eigenvalue weighted by atomic mass is 10.1. The van der Waals surface area contributed by atoms with Crippen LogP contribution in [0.2, 0.25) is 0 Å². The highest BCUT2D eigenvalue weighted by Gasteiger charge is 2.21. The highest BCUT2D eigenvalue weighted by atomic mass is 32.2. The molecule has 1 N–H and O–H groups in total. The van der Waals surface area contributed by atoms with Gasteiger partial charge in [0.1, 0.15) is 5.82 Å². The van der Waals surface area contributed by atoms with E-state index in [1.807, 2.05) is 0 Å². The van der Waals surface area contributed by atoms with E-state index in [1.165, 1.54) is 29.7 Å². The fourth-order valence-electron chi connectivity index (χ4n) is 1.76. The van der Waals surface area contributed by atoms with E-state index in [9.17, 15) is 12.8 Å². The van der Waals surface area contributed by atoms with Crippen molar-refractivity contribution in [3.63, 3.8) is 0 Å². The van der Waals surface area contributed by atoms with Gasteiger partial charge in [-0.2, -0.15) is 0 Å². The minimum atomic E-state index is -3.73. The van der Waals surface area contributed by atoms with E-state index in [2.05, 4.69) is 9.71 Å². The van der Waals surface area contributed by atoms with Crippen LogP contribution in [0.4, 0.5) is 9.52 Å². The summed E-state index contributed by atoms with van der Waals surface area (Å²) in [5.74, 6) is -0.446. The van der Waals surface area contributed by atoms with Crippen LogP contribution in [0.15, 0.2) is 28.6 Å². The first-order valence-corrected chi connectivity index (χ1v) is 7.45. The standard InChI is InChI=1S/C11H11FN2O2S2/c1-7-5-9(12)6-8(2)10(7)18(15,16)14-11-13-3-4-17-11/h3-6H,1-2H3,(H,13,14). The normalized spacial score (nSPS) is 11.5. The van der Waals surface area contributed by atoms with Crippen LogP contribution in [0.25, 0.3) is 0 Å². The van der Waals surface area contributed by atoms with Gasteiger partial charge < -0.3 is 0 Å². The Balaban J connectivity index is 2.48. The van der Waals surface area contributed by atoms with E-state index in [4.69, 9.17) is 0 Å². The summed E-state index contributed by atoms with van der Waals surface area (Å²) in [5.41, 5.74) is 0.744. The van der Waals surface area contributed by atoms with Crippen LogP contribution in [-0.4, -0.2) is 13.4 Å². The molecule has 1 aromatic carbocycles. The number of hydrogen-bond donors (Lipinski definition) is 1. The summed E-state index contributed by atoms with van der Waals surface area (Å²) in [6.45, 7) is 3.12. The molecule has 0 saturated heterocycles. The first-order valence-electron chi connectivity index (χ1n) is 5.09. The van der Waals surface area contributed by atoms with Crippen molar-refractivity contribution in [1.29, 1.82) is 0 Å². The number of rotatable bonds is 3. The zero-order valence-corrected chi connectivity index (χ0v) is 11.4. The van der Waals surface area contributed by atoms with Gasteiger partial charge in [0.25, 0.3) is 10.0 Å². The monoisotopic (exact) mass is 286 g/mol. The third kappa shape index (κ3) is 2.51. The average molecular weight is 286 g/mol. The van der Waals surface area contributed by atoms with Crippen molar-refractivity contribution in [3.05, 3.63) is 40.7 Å². The molecular weight excluding hydrogens is 275 g/mol. The van der Waals surface area contributed by atoms with Gasteiger partial charge in [0.2, 0.25) is 0 Å². The Morgan fingerprint density at radius 2 is 1.89 bits per heavy atom. The molecule has 0 bridgehead atoms. The summed E-state index contributed by atoms with van der Waals surface area (Å²) in [7, 11) is -3.73. The van der Waals surface area contributed by atoms with Gasteiger partial charge in [-0.15, -0.1) is 11.3 Å².